The van der Waals surface area contributed by atoms with Gasteiger partial charge in [-0.05, 0) is 46.9 Å². The van der Waals surface area contributed by atoms with Gasteiger partial charge in [0.2, 0.25) is 0 Å². The van der Waals surface area contributed by atoms with Crippen LogP contribution in [0.25, 0.3) is 11.1 Å². The normalized spacial score (nSPS) is 18.5. The fourth-order valence-corrected chi connectivity index (χ4v) is 5.47. The molecule has 2 heterocycles. The number of aromatic nitrogens is 2. The van der Waals surface area contributed by atoms with Crippen LogP contribution in [0.15, 0.2) is 96.4 Å². The van der Waals surface area contributed by atoms with Crippen LogP contribution in [0.3, 0.4) is 0 Å². The van der Waals surface area contributed by atoms with Crippen molar-refractivity contribution in [2.45, 2.75) is 50.2 Å². The van der Waals surface area contributed by atoms with Crippen LogP contribution in [0.1, 0.15) is 48.0 Å². The Morgan fingerprint density at radius 1 is 0.902 bits per heavy atom. The zero-order valence-corrected chi connectivity index (χ0v) is 23.7. The number of nitrogens with zero attached hydrogens (tertiary/aromatic N) is 2. The molecule has 1 aromatic heterocycles. The second kappa shape index (κ2) is 14.2. The molecule has 1 saturated heterocycles. The van der Waals surface area contributed by atoms with Crippen molar-refractivity contribution in [2.24, 2.45) is 0 Å². The number of carbonyl (C=O) groups excluding carboxylic acids is 1. The highest BCUT2D eigenvalue weighted by molar-refractivity contribution is 7.99. The van der Waals surface area contributed by atoms with E-state index in [9.17, 15) is 9.90 Å². The Balaban J connectivity index is 1.31. The van der Waals surface area contributed by atoms with Gasteiger partial charge in [0.25, 0.3) is 0 Å². The fourth-order valence-electron chi connectivity index (χ4n) is 4.65. The lowest BCUT2D eigenvalue weighted by molar-refractivity contribution is -0.245. The summed E-state index contributed by atoms with van der Waals surface area (Å²) in [5.41, 5.74) is 6.01. The second-order valence-electron chi connectivity index (χ2n) is 9.73. The van der Waals surface area contributed by atoms with Gasteiger partial charge in [-0.25, -0.2) is 14.8 Å². The lowest BCUT2D eigenvalue weighted by Crippen LogP contribution is -2.34. The average Bonchev–Trinajstić information content (AvgIpc) is 3.03. The molecule has 0 spiro atoms. The minimum Gasteiger partial charge on any atom is -0.392 e. The van der Waals surface area contributed by atoms with Crippen LogP contribution in [-0.2, 0) is 22.6 Å². The molecule has 41 heavy (non-hydrogen) atoms. The summed E-state index contributed by atoms with van der Waals surface area (Å²) in [5.74, 6) is 0.699. The molecule has 1 aliphatic heterocycles. The molecule has 212 valence electrons. The van der Waals surface area contributed by atoms with E-state index in [2.05, 4.69) is 44.9 Å². The molecule has 1 aliphatic rings. The third kappa shape index (κ3) is 7.92. The van der Waals surface area contributed by atoms with Gasteiger partial charge in [-0.2, -0.15) is 0 Å². The van der Waals surface area contributed by atoms with E-state index in [0.717, 1.165) is 38.5 Å². The molecule has 8 nitrogen and oxygen atoms in total. The smallest absolute Gasteiger partial charge is 0.315 e. The highest BCUT2D eigenvalue weighted by atomic mass is 32.2. The van der Waals surface area contributed by atoms with Crippen molar-refractivity contribution in [1.29, 1.82) is 0 Å². The zero-order chi connectivity index (χ0) is 28.4. The maximum Gasteiger partial charge on any atom is 0.315 e. The minimum absolute atomic E-state index is 0.00778. The number of rotatable bonds is 10. The molecule has 0 bridgehead atoms. The Hall–Kier alpha value is -3.76. The van der Waals surface area contributed by atoms with Gasteiger partial charge in [0.15, 0.2) is 11.4 Å². The van der Waals surface area contributed by atoms with E-state index in [-0.39, 0.29) is 24.8 Å². The van der Waals surface area contributed by atoms with Crippen molar-refractivity contribution < 1.29 is 19.4 Å². The molecule has 3 atom stereocenters. The summed E-state index contributed by atoms with van der Waals surface area (Å²) in [7, 11) is 0. The second-order valence-corrected chi connectivity index (χ2v) is 10.7. The van der Waals surface area contributed by atoms with Gasteiger partial charge < -0.3 is 25.2 Å². The van der Waals surface area contributed by atoms with Gasteiger partial charge >= 0.3 is 6.03 Å². The van der Waals surface area contributed by atoms with Crippen LogP contribution in [0.5, 0.6) is 0 Å². The number of aliphatic hydroxyl groups excluding tert-OH is 1. The Morgan fingerprint density at radius 2 is 1.66 bits per heavy atom. The summed E-state index contributed by atoms with van der Waals surface area (Å²) >= 11 is 1.57. The summed E-state index contributed by atoms with van der Waals surface area (Å²) in [6.07, 6.45) is 3.42. The molecule has 0 radical (unpaired) electrons. The van der Waals surface area contributed by atoms with E-state index in [1.165, 1.54) is 0 Å². The first-order valence-corrected chi connectivity index (χ1v) is 14.7. The SMILES string of the molecule is CCNC(=O)NCc1cccc(-c2ccc(C3OC(CSc4ncccn4)CC(c4ccc(CO)cc4)O3)cc2)c1. The quantitative estimate of drug-likeness (QED) is 0.164. The molecule has 3 unspecified atom stereocenters. The van der Waals surface area contributed by atoms with Crippen molar-refractivity contribution in [3.8, 4) is 11.1 Å². The van der Waals surface area contributed by atoms with Crippen LogP contribution in [-0.4, -0.2) is 39.5 Å². The fraction of sp³-hybridized carbons (Fsp3) is 0.281. The zero-order valence-electron chi connectivity index (χ0n) is 22.9. The van der Waals surface area contributed by atoms with E-state index in [0.29, 0.717) is 25.3 Å². The molecule has 0 saturated carbocycles. The molecule has 4 aromatic rings. The Labute approximate surface area is 244 Å². The number of nitrogens with one attached hydrogen (secondary N) is 2. The van der Waals surface area contributed by atoms with Crippen LogP contribution < -0.4 is 10.6 Å². The molecule has 1 fully saturated rings. The van der Waals surface area contributed by atoms with Crippen molar-refractivity contribution in [1.82, 2.24) is 20.6 Å². The van der Waals surface area contributed by atoms with Gasteiger partial charge in [0, 0.05) is 43.2 Å². The number of carbonyl (C=O) groups is 1. The predicted molar refractivity (Wildman–Crippen MR) is 159 cm³/mol. The first kappa shape index (κ1) is 28.8. The largest absolute Gasteiger partial charge is 0.392 e. The van der Waals surface area contributed by atoms with E-state index in [4.69, 9.17) is 9.47 Å². The van der Waals surface area contributed by atoms with Crippen LogP contribution in [0.2, 0.25) is 0 Å². The Bertz CT molecular complexity index is 1400. The van der Waals surface area contributed by atoms with Gasteiger partial charge in [-0.3, -0.25) is 0 Å². The Morgan fingerprint density at radius 3 is 2.39 bits per heavy atom. The van der Waals surface area contributed by atoms with Crippen LogP contribution in [0, 0.1) is 0 Å². The molecule has 2 amide bonds. The number of urea groups is 1. The molecule has 0 aliphatic carbocycles. The summed E-state index contributed by atoms with van der Waals surface area (Å²) < 4.78 is 12.9. The van der Waals surface area contributed by atoms with Crippen molar-refractivity contribution >= 4 is 17.8 Å². The molecular formula is C32H34N4O4S. The summed E-state index contributed by atoms with van der Waals surface area (Å²) in [4.78, 5) is 20.4. The standard InChI is InChI=1S/C32H34N4O4S/c1-2-33-31(38)36-19-23-5-3-6-27(17-23)24-11-13-26(14-12-24)30-39-28(21-41-32-34-15-4-16-35-32)18-29(40-30)25-9-7-22(20-37)8-10-25/h3-17,28-30,37H,2,18-21H2,1H3,(H2,33,36,38). The number of thioether (sulfide) groups is 1. The first-order valence-electron chi connectivity index (χ1n) is 13.7. The maximum atomic E-state index is 11.8. The first-order chi connectivity index (χ1) is 20.1. The third-order valence-electron chi connectivity index (χ3n) is 6.79. The van der Waals surface area contributed by atoms with E-state index in [1.54, 1.807) is 30.2 Å². The van der Waals surface area contributed by atoms with Crippen LogP contribution in [0.4, 0.5) is 4.79 Å². The predicted octanol–water partition coefficient (Wildman–Crippen LogP) is 5.79. The monoisotopic (exact) mass is 570 g/mol. The number of ether oxygens (including phenoxy) is 2. The minimum atomic E-state index is -0.532. The highest BCUT2D eigenvalue weighted by Gasteiger charge is 2.32. The third-order valence-corrected chi connectivity index (χ3v) is 7.80. The lowest BCUT2D eigenvalue weighted by atomic mass is 9.99. The number of benzene rings is 3. The Kier molecular flexibility index (Phi) is 9.98. The molecular weight excluding hydrogens is 536 g/mol. The van der Waals surface area contributed by atoms with E-state index >= 15 is 0 Å². The number of hydrogen-bond donors (Lipinski definition) is 3. The number of aliphatic hydroxyl groups is 1. The molecule has 3 N–H and O–H groups in total. The summed E-state index contributed by atoms with van der Waals surface area (Å²) in [6, 6.07) is 25.9. The molecule has 9 heteroatoms. The molecule has 3 aromatic carbocycles. The number of amides is 2. The van der Waals surface area contributed by atoms with Gasteiger partial charge in [-0.1, -0.05) is 78.5 Å². The van der Waals surface area contributed by atoms with E-state index in [1.807, 2.05) is 55.5 Å². The maximum absolute atomic E-state index is 11.8. The summed E-state index contributed by atoms with van der Waals surface area (Å²) in [5, 5.41) is 15.8. The van der Waals surface area contributed by atoms with Crippen molar-refractivity contribution in [2.75, 3.05) is 12.3 Å². The summed E-state index contributed by atoms with van der Waals surface area (Å²) in [6.45, 7) is 2.94. The van der Waals surface area contributed by atoms with Gasteiger partial charge in [0.1, 0.15) is 0 Å². The lowest BCUT2D eigenvalue weighted by Gasteiger charge is -2.36. The van der Waals surface area contributed by atoms with Crippen molar-refractivity contribution in [3.63, 3.8) is 0 Å². The van der Waals surface area contributed by atoms with E-state index < -0.39 is 6.29 Å². The number of hydrogen-bond acceptors (Lipinski definition) is 7. The van der Waals surface area contributed by atoms with Crippen molar-refractivity contribution in [3.05, 3.63) is 114 Å². The van der Waals surface area contributed by atoms with Crippen LogP contribution >= 0.6 is 11.8 Å². The van der Waals surface area contributed by atoms with Gasteiger partial charge in [0.05, 0.1) is 18.8 Å². The highest BCUT2D eigenvalue weighted by Crippen LogP contribution is 2.39. The van der Waals surface area contributed by atoms with Gasteiger partial charge in [-0.15, -0.1) is 0 Å². The molecule has 5 rings (SSSR count). The average molecular weight is 571 g/mol. The topological polar surface area (TPSA) is 106 Å².